The highest BCUT2D eigenvalue weighted by Crippen LogP contribution is 2.33. The molecule has 0 saturated heterocycles. The van der Waals surface area contributed by atoms with Gasteiger partial charge in [0.2, 0.25) is 0 Å². The van der Waals surface area contributed by atoms with Crippen LogP contribution in [0.2, 0.25) is 0 Å². The molecule has 0 aliphatic carbocycles. The number of carbonyl (C=O) groups is 1. The fourth-order valence-electron chi connectivity index (χ4n) is 2.55. The highest BCUT2D eigenvalue weighted by Gasteiger charge is 2.26. The number of thiazole rings is 1. The molecule has 1 aromatic heterocycles. The molecule has 0 fully saturated rings. The summed E-state index contributed by atoms with van der Waals surface area (Å²) < 4.78 is 13.6. The number of nitrogens with zero attached hydrogens (tertiary/aromatic N) is 3. The zero-order valence-electron chi connectivity index (χ0n) is 12.0. The van der Waals surface area contributed by atoms with Gasteiger partial charge in [-0.15, -0.1) is 11.3 Å². The minimum atomic E-state index is -0.337. The van der Waals surface area contributed by atoms with Crippen molar-refractivity contribution in [3.8, 4) is 0 Å². The summed E-state index contributed by atoms with van der Waals surface area (Å²) in [7, 11) is 1.96. The van der Waals surface area contributed by atoms with E-state index in [0.29, 0.717) is 17.9 Å². The highest BCUT2D eigenvalue weighted by atomic mass is 32.1. The molecule has 0 unspecified atom stereocenters. The Hall–Kier alpha value is -1.95. The first-order chi connectivity index (χ1) is 10.1. The Labute approximate surface area is 126 Å². The van der Waals surface area contributed by atoms with E-state index < -0.39 is 0 Å². The summed E-state index contributed by atoms with van der Waals surface area (Å²) >= 11 is 1.44. The van der Waals surface area contributed by atoms with E-state index in [1.165, 1.54) is 23.5 Å². The molecule has 1 aliphatic heterocycles. The Morgan fingerprint density at radius 3 is 2.86 bits per heavy atom. The molecule has 3 rings (SSSR count). The molecule has 0 radical (unpaired) electrons. The molecule has 0 spiro atoms. The van der Waals surface area contributed by atoms with Crippen LogP contribution in [0.15, 0.2) is 23.6 Å². The Morgan fingerprint density at radius 2 is 2.14 bits per heavy atom. The van der Waals surface area contributed by atoms with Gasteiger partial charge in [0.25, 0.3) is 5.91 Å². The Balaban J connectivity index is 2.04. The lowest BCUT2D eigenvalue weighted by molar-refractivity contribution is 0.0983. The quantitative estimate of drug-likeness (QED) is 0.812. The molecule has 6 heteroatoms. The number of aryl methyl sites for hydroxylation is 1. The first-order valence-corrected chi connectivity index (χ1v) is 7.69. The normalized spacial score (nSPS) is 14.8. The standard InChI is InChI=1S/C15H16FN3OS/c1-10-17-12(9-21-10)15(20)19-7-3-6-18(2)13-5-4-11(16)8-14(13)19/h4-5,8-9H,3,6-7H2,1-2H3. The number of carbonyl (C=O) groups excluding carboxylic acids is 1. The number of hydrogen-bond donors (Lipinski definition) is 0. The zero-order chi connectivity index (χ0) is 15.0. The summed E-state index contributed by atoms with van der Waals surface area (Å²) in [5.74, 6) is -0.502. The molecule has 0 N–H and O–H groups in total. The molecular formula is C15H16FN3OS. The van der Waals surface area contributed by atoms with Gasteiger partial charge < -0.3 is 9.80 Å². The average molecular weight is 305 g/mol. The van der Waals surface area contributed by atoms with Gasteiger partial charge in [0.05, 0.1) is 16.4 Å². The molecule has 0 atom stereocenters. The van der Waals surface area contributed by atoms with Crippen molar-refractivity contribution in [1.82, 2.24) is 4.98 Å². The minimum absolute atomic E-state index is 0.165. The van der Waals surface area contributed by atoms with Crippen LogP contribution in [0.1, 0.15) is 21.9 Å². The van der Waals surface area contributed by atoms with Gasteiger partial charge in [-0.3, -0.25) is 4.79 Å². The van der Waals surface area contributed by atoms with Gasteiger partial charge in [0.1, 0.15) is 11.5 Å². The summed E-state index contributed by atoms with van der Waals surface area (Å²) in [4.78, 5) is 20.6. The number of anilines is 2. The summed E-state index contributed by atoms with van der Waals surface area (Å²) in [6.45, 7) is 3.26. The van der Waals surface area contributed by atoms with Crippen molar-refractivity contribution in [3.63, 3.8) is 0 Å². The fourth-order valence-corrected chi connectivity index (χ4v) is 3.14. The molecule has 1 amide bonds. The van der Waals surface area contributed by atoms with E-state index in [-0.39, 0.29) is 11.7 Å². The summed E-state index contributed by atoms with van der Waals surface area (Å²) in [5, 5.41) is 2.61. The van der Waals surface area contributed by atoms with E-state index in [1.807, 2.05) is 18.9 Å². The van der Waals surface area contributed by atoms with Crippen molar-refractivity contribution in [1.29, 1.82) is 0 Å². The first-order valence-electron chi connectivity index (χ1n) is 6.81. The van der Waals surface area contributed by atoms with Crippen LogP contribution >= 0.6 is 11.3 Å². The fraction of sp³-hybridized carbons (Fsp3) is 0.333. The van der Waals surface area contributed by atoms with E-state index in [0.717, 1.165) is 23.7 Å². The van der Waals surface area contributed by atoms with Crippen LogP contribution < -0.4 is 9.80 Å². The third kappa shape index (κ3) is 2.63. The van der Waals surface area contributed by atoms with E-state index in [4.69, 9.17) is 0 Å². The molecule has 2 heterocycles. The van der Waals surface area contributed by atoms with Crippen LogP contribution in [0.4, 0.5) is 15.8 Å². The van der Waals surface area contributed by atoms with Gasteiger partial charge in [-0.25, -0.2) is 9.37 Å². The Bertz CT molecular complexity index is 685. The largest absolute Gasteiger partial charge is 0.373 e. The number of benzene rings is 1. The van der Waals surface area contributed by atoms with Crippen molar-refractivity contribution in [2.45, 2.75) is 13.3 Å². The van der Waals surface area contributed by atoms with Crippen molar-refractivity contribution in [2.75, 3.05) is 29.9 Å². The predicted molar refractivity (Wildman–Crippen MR) is 82.8 cm³/mol. The maximum atomic E-state index is 13.6. The maximum Gasteiger partial charge on any atom is 0.277 e. The van der Waals surface area contributed by atoms with Crippen molar-refractivity contribution in [2.24, 2.45) is 0 Å². The van der Waals surface area contributed by atoms with Gasteiger partial charge in [-0.2, -0.15) is 0 Å². The molecule has 2 aromatic rings. The number of amides is 1. The average Bonchev–Trinajstić information content (AvgIpc) is 2.82. The Morgan fingerprint density at radius 1 is 1.33 bits per heavy atom. The number of rotatable bonds is 1. The third-order valence-corrected chi connectivity index (χ3v) is 4.37. The van der Waals surface area contributed by atoms with E-state index in [1.54, 1.807) is 16.3 Å². The SMILES string of the molecule is Cc1nc(C(=O)N2CCCN(C)c3ccc(F)cc32)cs1. The first kappa shape index (κ1) is 14.0. The zero-order valence-corrected chi connectivity index (χ0v) is 12.8. The minimum Gasteiger partial charge on any atom is -0.373 e. The van der Waals surface area contributed by atoms with Crippen molar-refractivity contribution >= 4 is 28.6 Å². The van der Waals surface area contributed by atoms with Crippen LogP contribution in [0.3, 0.4) is 0 Å². The summed E-state index contributed by atoms with van der Waals surface area (Å²) in [5.41, 5.74) is 1.91. The second-order valence-electron chi connectivity index (χ2n) is 5.12. The lowest BCUT2D eigenvalue weighted by Gasteiger charge is -2.23. The van der Waals surface area contributed by atoms with Gasteiger partial charge in [-0.05, 0) is 31.5 Å². The van der Waals surface area contributed by atoms with Crippen LogP contribution in [-0.4, -0.2) is 31.0 Å². The molecule has 0 bridgehead atoms. The third-order valence-electron chi connectivity index (χ3n) is 3.60. The number of aromatic nitrogens is 1. The molecule has 21 heavy (non-hydrogen) atoms. The van der Waals surface area contributed by atoms with Crippen molar-refractivity contribution in [3.05, 3.63) is 40.1 Å². The van der Waals surface area contributed by atoms with Gasteiger partial charge >= 0.3 is 0 Å². The van der Waals surface area contributed by atoms with Gasteiger partial charge in [0.15, 0.2) is 0 Å². The van der Waals surface area contributed by atoms with E-state index in [2.05, 4.69) is 4.98 Å². The molecule has 4 nitrogen and oxygen atoms in total. The van der Waals surface area contributed by atoms with Crippen LogP contribution in [-0.2, 0) is 0 Å². The van der Waals surface area contributed by atoms with Crippen LogP contribution in [0.25, 0.3) is 0 Å². The highest BCUT2D eigenvalue weighted by molar-refractivity contribution is 7.09. The van der Waals surface area contributed by atoms with Crippen LogP contribution in [0.5, 0.6) is 0 Å². The molecule has 110 valence electrons. The molecule has 1 aliphatic rings. The molecule has 1 aromatic carbocycles. The van der Waals surface area contributed by atoms with Gasteiger partial charge in [0, 0.05) is 25.5 Å². The number of hydrogen-bond acceptors (Lipinski definition) is 4. The molecule has 0 saturated carbocycles. The Kier molecular flexibility index (Phi) is 3.63. The van der Waals surface area contributed by atoms with Gasteiger partial charge in [-0.1, -0.05) is 0 Å². The smallest absolute Gasteiger partial charge is 0.277 e. The monoisotopic (exact) mass is 305 g/mol. The topological polar surface area (TPSA) is 36.4 Å². The lowest BCUT2D eigenvalue weighted by Crippen LogP contribution is -2.31. The van der Waals surface area contributed by atoms with Crippen LogP contribution in [0, 0.1) is 12.7 Å². The second kappa shape index (κ2) is 5.44. The number of halogens is 1. The predicted octanol–water partition coefficient (Wildman–Crippen LogP) is 3.08. The van der Waals surface area contributed by atoms with E-state index in [9.17, 15) is 9.18 Å². The van der Waals surface area contributed by atoms with E-state index >= 15 is 0 Å². The lowest BCUT2D eigenvalue weighted by atomic mass is 10.2. The van der Waals surface area contributed by atoms with Crippen molar-refractivity contribution < 1.29 is 9.18 Å². The summed E-state index contributed by atoms with van der Waals surface area (Å²) in [6, 6.07) is 4.58. The maximum absolute atomic E-state index is 13.6. The second-order valence-corrected chi connectivity index (χ2v) is 6.18. The molecular weight excluding hydrogens is 289 g/mol. The number of fused-ring (bicyclic) bond motifs is 1. The summed E-state index contributed by atoms with van der Waals surface area (Å²) in [6.07, 6.45) is 0.835.